The van der Waals surface area contributed by atoms with Crippen molar-refractivity contribution >= 4 is 60.4 Å². The van der Waals surface area contributed by atoms with Gasteiger partial charge in [-0.25, -0.2) is 4.98 Å². The summed E-state index contributed by atoms with van der Waals surface area (Å²) in [6, 6.07) is 9.86. The monoisotopic (exact) mass is 434 g/mol. The maximum atomic E-state index is 13.0. The van der Waals surface area contributed by atoms with Crippen LogP contribution in [0, 0.1) is 11.3 Å². The highest BCUT2D eigenvalue weighted by Crippen LogP contribution is 2.39. The van der Waals surface area contributed by atoms with E-state index in [0.717, 1.165) is 53.3 Å². The summed E-state index contributed by atoms with van der Waals surface area (Å²) in [5, 5.41) is 14.8. The summed E-state index contributed by atoms with van der Waals surface area (Å²) in [5.41, 5.74) is 9.25. The van der Waals surface area contributed by atoms with Gasteiger partial charge < -0.3 is 15.8 Å². The molecule has 4 aromatic rings. The summed E-state index contributed by atoms with van der Waals surface area (Å²) in [6.07, 6.45) is 4.07. The molecule has 150 valence electrons. The number of rotatable bonds is 3. The molecule has 1 aromatic carbocycles. The lowest BCUT2D eigenvalue weighted by atomic mass is 9.96. The fourth-order valence-electron chi connectivity index (χ4n) is 3.91. The molecule has 0 saturated carbocycles. The van der Waals surface area contributed by atoms with Crippen molar-refractivity contribution in [3.05, 3.63) is 45.1 Å². The number of nitrogen functional groups attached to an aromatic ring is 1. The topological polar surface area (TPSA) is 101 Å². The van der Waals surface area contributed by atoms with Crippen LogP contribution in [0.2, 0.25) is 0 Å². The van der Waals surface area contributed by atoms with Crippen LogP contribution in [0.3, 0.4) is 0 Å². The van der Waals surface area contributed by atoms with E-state index in [1.165, 1.54) is 27.6 Å². The maximum Gasteiger partial charge on any atom is 0.268 e. The predicted octanol–water partition coefficient (Wildman–Crippen LogP) is 5.10. The van der Waals surface area contributed by atoms with E-state index in [1.54, 1.807) is 7.11 Å². The highest BCUT2D eigenvalue weighted by Gasteiger charge is 2.24. The van der Waals surface area contributed by atoms with Gasteiger partial charge in [0.05, 0.1) is 23.9 Å². The number of amides is 1. The van der Waals surface area contributed by atoms with Crippen molar-refractivity contribution in [3.63, 3.8) is 0 Å². The Hall–Kier alpha value is -3.15. The SMILES string of the molecule is COc1ccc2nc3sc(C(=O)Nc4sc5c(c4C#N)CCCC5)c(N)c3cc2c1. The van der Waals surface area contributed by atoms with E-state index in [0.29, 0.717) is 26.0 Å². The van der Waals surface area contributed by atoms with Crippen LogP contribution >= 0.6 is 22.7 Å². The van der Waals surface area contributed by atoms with Gasteiger partial charge in [-0.05, 0) is 55.5 Å². The number of carbonyl (C=O) groups excluding carboxylic acids is 1. The zero-order chi connectivity index (χ0) is 20.8. The molecule has 8 heteroatoms. The number of hydrogen-bond donors (Lipinski definition) is 2. The molecule has 5 rings (SSSR count). The van der Waals surface area contributed by atoms with Crippen LogP contribution in [0.15, 0.2) is 24.3 Å². The number of aryl methyl sites for hydroxylation is 1. The summed E-state index contributed by atoms with van der Waals surface area (Å²) < 4.78 is 5.28. The zero-order valence-corrected chi connectivity index (χ0v) is 17.9. The smallest absolute Gasteiger partial charge is 0.268 e. The maximum absolute atomic E-state index is 13.0. The molecular formula is C22H18N4O2S2. The average Bonchev–Trinajstić information content (AvgIpc) is 3.28. The van der Waals surface area contributed by atoms with Gasteiger partial charge in [0.1, 0.15) is 26.5 Å². The largest absolute Gasteiger partial charge is 0.497 e. The Balaban J connectivity index is 1.54. The molecule has 0 spiro atoms. The highest BCUT2D eigenvalue weighted by molar-refractivity contribution is 7.21. The fourth-order valence-corrected chi connectivity index (χ4v) is 6.12. The Labute approximate surface area is 180 Å². The third-order valence-electron chi connectivity index (χ3n) is 5.44. The van der Waals surface area contributed by atoms with Crippen LogP contribution in [0.5, 0.6) is 5.75 Å². The Kier molecular flexibility index (Phi) is 4.57. The Morgan fingerprint density at radius 1 is 1.27 bits per heavy atom. The van der Waals surface area contributed by atoms with Gasteiger partial charge in [-0.15, -0.1) is 22.7 Å². The van der Waals surface area contributed by atoms with E-state index >= 15 is 0 Å². The van der Waals surface area contributed by atoms with Gasteiger partial charge in [0, 0.05) is 15.6 Å². The van der Waals surface area contributed by atoms with Crippen molar-refractivity contribution in [1.29, 1.82) is 5.26 Å². The van der Waals surface area contributed by atoms with E-state index in [4.69, 9.17) is 10.5 Å². The van der Waals surface area contributed by atoms with Crippen molar-refractivity contribution < 1.29 is 9.53 Å². The second-order valence-corrected chi connectivity index (χ2v) is 9.33. The highest BCUT2D eigenvalue weighted by atomic mass is 32.1. The first kappa shape index (κ1) is 18.9. The number of nitrogens with one attached hydrogen (secondary N) is 1. The number of methoxy groups -OCH3 is 1. The average molecular weight is 435 g/mol. The number of aromatic nitrogens is 1. The van der Waals surface area contributed by atoms with Crippen LogP contribution in [-0.4, -0.2) is 18.0 Å². The predicted molar refractivity (Wildman–Crippen MR) is 122 cm³/mol. The lowest BCUT2D eigenvalue weighted by Gasteiger charge is -2.09. The summed E-state index contributed by atoms with van der Waals surface area (Å²) in [5.74, 6) is 0.438. The summed E-state index contributed by atoms with van der Waals surface area (Å²) in [7, 11) is 1.62. The quantitative estimate of drug-likeness (QED) is 0.467. The van der Waals surface area contributed by atoms with Crippen molar-refractivity contribution in [1.82, 2.24) is 4.98 Å². The number of hydrogen-bond acceptors (Lipinski definition) is 7. The third-order valence-corrected chi connectivity index (χ3v) is 7.76. The lowest BCUT2D eigenvalue weighted by molar-refractivity contribution is 0.103. The molecule has 0 bridgehead atoms. The number of ether oxygens (including phenoxy) is 1. The minimum atomic E-state index is -0.299. The second-order valence-electron chi connectivity index (χ2n) is 7.23. The van der Waals surface area contributed by atoms with Crippen LogP contribution in [0.25, 0.3) is 21.1 Å². The molecule has 0 aliphatic heterocycles. The van der Waals surface area contributed by atoms with Crippen LogP contribution < -0.4 is 15.8 Å². The number of anilines is 2. The van der Waals surface area contributed by atoms with Gasteiger partial charge in [-0.3, -0.25) is 4.79 Å². The molecule has 0 saturated heterocycles. The van der Waals surface area contributed by atoms with Gasteiger partial charge in [0.2, 0.25) is 0 Å². The molecular weight excluding hydrogens is 416 g/mol. The van der Waals surface area contributed by atoms with Crippen molar-refractivity contribution in [2.45, 2.75) is 25.7 Å². The standard InChI is InChI=1S/C22H18N4O2S2/c1-28-12-6-7-16-11(8-12)9-14-18(24)19(30-21(14)25-16)20(27)26-22-15(10-23)13-4-2-3-5-17(13)29-22/h6-9H,2-5,24H2,1H3,(H,26,27). The number of nitrogens with zero attached hydrogens (tertiary/aromatic N) is 2. The first-order chi connectivity index (χ1) is 14.6. The van der Waals surface area contributed by atoms with Gasteiger partial charge in [-0.1, -0.05) is 0 Å². The summed E-state index contributed by atoms with van der Waals surface area (Å²) >= 11 is 2.78. The van der Waals surface area contributed by atoms with Gasteiger partial charge in [-0.2, -0.15) is 5.26 Å². The number of fused-ring (bicyclic) bond motifs is 3. The zero-order valence-electron chi connectivity index (χ0n) is 16.2. The first-order valence-corrected chi connectivity index (χ1v) is 11.2. The Bertz CT molecular complexity index is 1360. The third kappa shape index (κ3) is 2.98. The Morgan fingerprint density at radius 2 is 2.10 bits per heavy atom. The number of benzene rings is 1. The molecule has 6 nitrogen and oxygen atoms in total. The molecule has 0 atom stereocenters. The van der Waals surface area contributed by atoms with E-state index in [-0.39, 0.29) is 5.91 Å². The van der Waals surface area contributed by atoms with Crippen LogP contribution in [0.4, 0.5) is 10.7 Å². The van der Waals surface area contributed by atoms with E-state index in [9.17, 15) is 10.1 Å². The minimum Gasteiger partial charge on any atom is -0.497 e. The lowest BCUT2D eigenvalue weighted by Crippen LogP contribution is -2.12. The van der Waals surface area contributed by atoms with Gasteiger partial charge in [0.15, 0.2) is 0 Å². The summed E-state index contributed by atoms with van der Waals surface area (Å²) in [4.78, 5) is 20.0. The van der Waals surface area contributed by atoms with E-state index in [2.05, 4.69) is 16.4 Å². The van der Waals surface area contributed by atoms with Crippen molar-refractivity contribution in [2.24, 2.45) is 0 Å². The number of nitrogens with two attached hydrogens (primary N) is 1. The summed E-state index contributed by atoms with van der Waals surface area (Å²) in [6.45, 7) is 0. The number of thiophene rings is 2. The molecule has 3 heterocycles. The number of pyridine rings is 1. The first-order valence-electron chi connectivity index (χ1n) is 9.61. The molecule has 0 radical (unpaired) electrons. The number of nitriles is 1. The van der Waals surface area contributed by atoms with Gasteiger partial charge in [0.25, 0.3) is 5.91 Å². The van der Waals surface area contributed by atoms with Crippen LogP contribution in [-0.2, 0) is 12.8 Å². The van der Waals surface area contributed by atoms with Crippen molar-refractivity contribution in [3.8, 4) is 11.8 Å². The number of carbonyl (C=O) groups is 1. The normalized spacial score (nSPS) is 13.2. The molecule has 1 aliphatic carbocycles. The van der Waals surface area contributed by atoms with Crippen molar-refractivity contribution in [2.75, 3.05) is 18.2 Å². The molecule has 0 fully saturated rings. The molecule has 1 aliphatic rings. The van der Waals surface area contributed by atoms with E-state index < -0.39 is 0 Å². The fraction of sp³-hybridized carbons (Fsp3) is 0.227. The van der Waals surface area contributed by atoms with Crippen LogP contribution in [0.1, 0.15) is 38.5 Å². The second kappa shape index (κ2) is 7.27. The van der Waals surface area contributed by atoms with E-state index in [1.807, 2.05) is 24.3 Å². The molecule has 0 unspecified atom stereocenters. The molecule has 1 amide bonds. The molecule has 3 N–H and O–H groups in total. The Morgan fingerprint density at radius 3 is 2.90 bits per heavy atom. The molecule has 3 aromatic heterocycles. The van der Waals surface area contributed by atoms with Gasteiger partial charge >= 0.3 is 0 Å². The minimum absolute atomic E-state index is 0.299. The molecule has 30 heavy (non-hydrogen) atoms.